The first kappa shape index (κ1) is 29.6. The van der Waals surface area contributed by atoms with Crippen LogP contribution in [0.2, 0.25) is 0 Å². The van der Waals surface area contributed by atoms with Crippen molar-refractivity contribution >= 4 is 27.5 Å². The van der Waals surface area contributed by atoms with Gasteiger partial charge < -0.3 is 24.4 Å². The highest BCUT2D eigenvalue weighted by molar-refractivity contribution is 6.03. The van der Waals surface area contributed by atoms with Gasteiger partial charge in [0, 0.05) is 48.3 Å². The highest BCUT2D eigenvalue weighted by Gasteiger charge is 2.47. The van der Waals surface area contributed by atoms with E-state index in [2.05, 4.69) is 32.7 Å². The van der Waals surface area contributed by atoms with E-state index in [-0.39, 0.29) is 51.0 Å². The first-order valence-electron chi connectivity index (χ1n) is 15.8. The first-order chi connectivity index (χ1) is 21.8. The van der Waals surface area contributed by atoms with E-state index in [4.69, 9.17) is 20.9 Å². The number of piperidine rings is 1. The Bertz CT molecular complexity index is 1830. The van der Waals surface area contributed by atoms with Crippen molar-refractivity contribution in [3.8, 4) is 35.4 Å². The first-order valence-corrected chi connectivity index (χ1v) is 15.8. The summed E-state index contributed by atoms with van der Waals surface area (Å²) in [5, 5.41) is 11.7. The lowest BCUT2D eigenvalue weighted by atomic mass is 9.76. The summed E-state index contributed by atoms with van der Waals surface area (Å²) in [6.07, 6.45) is 13.5. The molecule has 7 rings (SSSR count). The van der Waals surface area contributed by atoms with Crippen molar-refractivity contribution in [3.05, 3.63) is 47.7 Å². The van der Waals surface area contributed by atoms with Gasteiger partial charge in [-0.2, -0.15) is 9.97 Å². The number of nitrogens with zero attached hydrogens (tertiary/aromatic N) is 5. The number of hydrogen-bond acceptors (Lipinski definition) is 8. The zero-order valence-corrected chi connectivity index (χ0v) is 25.7. The zero-order chi connectivity index (χ0) is 31.3. The van der Waals surface area contributed by atoms with E-state index in [9.17, 15) is 9.50 Å². The number of ether oxygens (including phenoxy) is 2. The molecular weight excluding hydrogens is 576 g/mol. The predicted molar refractivity (Wildman–Crippen MR) is 169 cm³/mol. The van der Waals surface area contributed by atoms with Crippen LogP contribution in [-0.4, -0.2) is 77.0 Å². The number of hydrogen-bond donors (Lipinski definition) is 1. The maximum atomic E-state index is 16.8. The maximum absolute atomic E-state index is 16.8. The van der Waals surface area contributed by atoms with Crippen LogP contribution in [0.15, 0.2) is 30.5 Å². The molecule has 1 saturated carbocycles. The topological polar surface area (TPSA) is 83.8 Å². The van der Waals surface area contributed by atoms with E-state index in [1.165, 1.54) is 30.5 Å². The number of anilines is 1. The fraction of sp³-hybridized carbons (Fsp3) is 0.457. The second kappa shape index (κ2) is 11.7. The summed E-state index contributed by atoms with van der Waals surface area (Å²) >= 11 is 0. The number of benzene rings is 2. The average Bonchev–Trinajstić information content (AvgIpc) is 3.35. The van der Waals surface area contributed by atoms with Gasteiger partial charge in [0.2, 0.25) is 0 Å². The van der Waals surface area contributed by atoms with Gasteiger partial charge in [0.1, 0.15) is 28.6 Å². The molecule has 1 N–H and O–H groups in total. The lowest BCUT2D eigenvalue weighted by molar-refractivity contribution is 0.0133. The maximum Gasteiger partial charge on any atom is 0.319 e. The van der Waals surface area contributed by atoms with Crippen molar-refractivity contribution in [2.45, 2.75) is 57.6 Å². The van der Waals surface area contributed by atoms with E-state index < -0.39 is 11.6 Å². The number of likely N-dealkylation sites (tertiary alicyclic amines) is 1. The number of fused-ring (bicyclic) bond motifs is 3. The van der Waals surface area contributed by atoms with Crippen molar-refractivity contribution in [3.63, 3.8) is 0 Å². The average molecular weight is 614 g/mol. The third kappa shape index (κ3) is 5.22. The van der Waals surface area contributed by atoms with Crippen LogP contribution in [0, 0.1) is 29.4 Å². The fourth-order valence-corrected chi connectivity index (χ4v) is 7.84. The summed E-state index contributed by atoms with van der Waals surface area (Å²) in [6, 6.07) is 6.10. The Morgan fingerprint density at radius 3 is 2.84 bits per heavy atom. The van der Waals surface area contributed by atoms with Crippen LogP contribution < -0.4 is 9.64 Å². The lowest BCUT2D eigenvalue weighted by Gasteiger charge is -2.44. The Hall–Kier alpha value is -4.07. The Labute approximate surface area is 261 Å². The third-order valence-electron chi connectivity index (χ3n) is 9.91. The van der Waals surface area contributed by atoms with E-state index in [0.29, 0.717) is 48.9 Å². The summed E-state index contributed by atoms with van der Waals surface area (Å²) in [6.45, 7) is 5.38. The lowest BCUT2D eigenvalue weighted by Crippen LogP contribution is -2.50. The third-order valence-corrected chi connectivity index (χ3v) is 9.91. The van der Waals surface area contributed by atoms with Gasteiger partial charge in [-0.25, -0.2) is 8.78 Å². The Balaban J connectivity index is 1.38. The molecule has 4 heterocycles. The smallest absolute Gasteiger partial charge is 0.319 e. The number of terminal acetylenes is 1. The van der Waals surface area contributed by atoms with Gasteiger partial charge in [-0.05, 0) is 76.2 Å². The van der Waals surface area contributed by atoms with E-state index in [1.54, 1.807) is 0 Å². The number of phenols is 1. The number of pyridine rings is 1. The van der Waals surface area contributed by atoms with Crippen LogP contribution in [0.1, 0.15) is 51.0 Å². The van der Waals surface area contributed by atoms with Gasteiger partial charge in [-0.15, -0.1) is 6.42 Å². The molecule has 0 bridgehead atoms. The molecule has 45 heavy (non-hydrogen) atoms. The molecule has 1 unspecified atom stereocenters. The minimum absolute atomic E-state index is 0.00850. The van der Waals surface area contributed by atoms with Crippen molar-refractivity contribution in [1.82, 2.24) is 19.9 Å². The molecule has 3 atom stereocenters. The number of aromatic nitrogens is 3. The Morgan fingerprint density at radius 2 is 2.00 bits per heavy atom. The Morgan fingerprint density at radius 1 is 1.16 bits per heavy atom. The van der Waals surface area contributed by atoms with Crippen molar-refractivity contribution in [2.24, 2.45) is 5.41 Å². The molecule has 8 nitrogen and oxygen atoms in total. The molecule has 2 aromatic carbocycles. The normalized spacial score (nSPS) is 24.0. The molecule has 0 radical (unpaired) electrons. The van der Waals surface area contributed by atoms with Gasteiger partial charge in [0.05, 0.1) is 23.7 Å². The molecule has 234 valence electrons. The van der Waals surface area contributed by atoms with E-state index >= 15 is 4.39 Å². The van der Waals surface area contributed by atoms with Crippen LogP contribution >= 0.6 is 0 Å². The molecule has 1 aliphatic carbocycles. The Kier molecular flexibility index (Phi) is 7.70. The minimum Gasteiger partial charge on any atom is -0.508 e. The van der Waals surface area contributed by atoms with Crippen LogP contribution in [0.25, 0.3) is 32.9 Å². The SMILES string of the molecule is C#Cc1c(F)ccc2cc(O)cc(-c3ncc4c(N5CCCOC(C)C5)nc(OC[C@]56CCC[C@H]5N(C)CCC6)nc4c3F)c12. The van der Waals surface area contributed by atoms with E-state index in [0.717, 1.165) is 45.1 Å². The summed E-state index contributed by atoms with van der Waals surface area (Å²) in [5.74, 6) is 1.45. The number of rotatable bonds is 5. The fourth-order valence-electron chi connectivity index (χ4n) is 7.84. The standard InChI is InChI=1S/C35H37F2N5O3/c1-4-24-27(36)10-9-22-16-23(43)17-25(29(22)24)31-30(37)32-26(18-38-31)33(42-14-7-15-44-21(2)19-42)40-34(39-32)45-20-35-11-5-8-28(35)41(3)13-6-12-35/h1,9-10,16-18,21,28,43H,5-8,11-15,19-20H2,2-3H3/t21?,28-,35-/m1/s1. The van der Waals surface area contributed by atoms with Crippen molar-refractivity contribution in [1.29, 1.82) is 0 Å². The van der Waals surface area contributed by atoms with Gasteiger partial charge >= 0.3 is 6.01 Å². The molecule has 2 saturated heterocycles. The van der Waals surface area contributed by atoms with Crippen LogP contribution in [0.5, 0.6) is 11.8 Å². The van der Waals surface area contributed by atoms with Crippen LogP contribution in [0.4, 0.5) is 14.6 Å². The summed E-state index contributed by atoms with van der Waals surface area (Å²) < 4.78 is 43.9. The summed E-state index contributed by atoms with van der Waals surface area (Å²) in [5.41, 5.74) is 0.0900. The molecule has 4 aromatic rings. The minimum atomic E-state index is -0.728. The number of aromatic hydroxyl groups is 1. The summed E-state index contributed by atoms with van der Waals surface area (Å²) in [7, 11) is 2.18. The molecule has 2 aliphatic heterocycles. The molecule has 2 aromatic heterocycles. The number of halogens is 2. The van der Waals surface area contributed by atoms with Gasteiger partial charge in [0.15, 0.2) is 5.82 Å². The number of phenolic OH excluding ortho intramolecular Hbond substituents is 1. The van der Waals surface area contributed by atoms with Gasteiger partial charge in [-0.3, -0.25) is 4.98 Å². The highest BCUT2D eigenvalue weighted by Crippen LogP contribution is 2.47. The van der Waals surface area contributed by atoms with Gasteiger partial charge in [0.25, 0.3) is 0 Å². The molecule has 3 aliphatic rings. The predicted octanol–water partition coefficient (Wildman–Crippen LogP) is 6.07. The van der Waals surface area contributed by atoms with Crippen LogP contribution in [0.3, 0.4) is 0 Å². The highest BCUT2D eigenvalue weighted by atomic mass is 19.1. The zero-order valence-electron chi connectivity index (χ0n) is 25.7. The second-order valence-electron chi connectivity index (χ2n) is 12.8. The summed E-state index contributed by atoms with van der Waals surface area (Å²) in [4.78, 5) is 18.5. The second-order valence-corrected chi connectivity index (χ2v) is 12.8. The molecular formula is C35H37F2N5O3. The van der Waals surface area contributed by atoms with E-state index in [1.807, 2.05) is 6.92 Å². The van der Waals surface area contributed by atoms with Gasteiger partial charge in [-0.1, -0.05) is 18.4 Å². The molecule has 0 spiro atoms. The molecule has 10 heteroatoms. The quantitative estimate of drug-likeness (QED) is 0.272. The van der Waals surface area contributed by atoms with Crippen LogP contribution in [-0.2, 0) is 4.74 Å². The van der Waals surface area contributed by atoms with Crippen molar-refractivity contribution < 1.29 is 23.4 Å². The monoisotopic (exact) mass is 613 g/mol. The molecule has 3 fully saturated rings. The van der Waals surface area contributed by atoms with Crippen molar-refractivity contribution in [2.75, 3.05) is 44.8 Å². The largest absolute Gasteiger partial charge is 0.508 e. The molecule has 0 amide bonds.